The molecule has 1 aliphatic carbocycles. The van der Waals surface area contributed by atoms with Crippen LogP contribution >= 0.6 is 0 Å². The van der Waals surface area contributed by atoms with Crippen LogP contribution in [0.1, 0.15) is 64.7 Å². The van der Waals surface area contributed by atoms with E-state index in [-0.39, 0.29) is 6.42 Å². The minimum atomic E-state index is -1.19. The molecule has 144 valence electrons. The van der Waals surface area contributed by atoms with Crippen molar-refractivity contribution in [3.8, 4) is 0 Å². The van der Waals surface area contributed by atoms with Gasteiger partial charge >= 0.3 is 11.9 Å². The van der Waals surface area contributed by atoms with Gasteiger partial charge in [-0.3, -0.25) is 9.59 Å². The van der Waals surface area contributed by atoms with Gasteiger partial charge in [0.1, 0.15) is 0 Å². The summed E-state index contributed by atoms with van der Waals surface area (Å²) in [5, 5.41) is 21.1. The fourth-order valence-electron chi connectivity index (χ4n) is 3.44. The second-order valence-corrected chi connectivity index (χ2v) is 6.98. The number of carboxylic acids is 1. The number of ether oxygens (including phenoxy) is 1. The number of carbonyl (C=O) groups excluding carboxylic acids is 2. The highest BCUT2D eigenvalue weighted by Gasteiger charge is 2.30. The maximum Gasteiger partial charge on any atom is 0.331 e. The zero-order chi connectivity index (χ0) is 18.8. The first-order valence-corrected chi connectivity index (χ1v) is 9.13. The molecule has 1 rings (SSSR count). The van der Waals surface area contributed by atoms with Crippen LogP contribution in [0.25, 0.3) is 0 Å². The summed E-state index contributed by atoms with van der Waals surface area (Å²) in [7, 11) is 1.17. The van der Waals surface area contributed by atoms with E-state index in [9.17, 15) is 19.5 Å². The number of aliphatic hydroxyl groups is 1. The third-order valence-electron chi connectivity index (χ3n) is 4.92. The summed E-state index contributed by atoms with van der Waals surface area (Å²) in [4.78, 5) is 35.1. The summed E-state index contributed by atoms with van der Waals surface area (Å²) >= 11 is 0. The quantitative estimate of drug-likeness (QED) is 0.514. The van der Waals surface area contributed by atoms with Gasteiger partial charge in [0.15, 0.2) is 6.04 Å². The number of nitrogens with one attached hydrogen (secondary N) is 1. The van der Waals surface area contributed by atoms with Crippen LogP contribution in [0, 0.1) is 11.8 Å². The highest BCUT2D eigenvalue weighted by Crippen LogP contribution is 2.28. The fourth-order valence-corrected chi connectivity index (χ4v) is 3.44. The van der Waals surface area contributed by atoms with Crippen molar-refractivity contribution >= 4 is 17.8 Å². The van der Waals surface area contributed by atoms with E-state index >= 15 is 0 Å². The van der Waals surface area contributed by atoms with Crippen molar-refractivity contribution in [1.29, 1.82) is 0 Å². The number of carboxylic acid groups (broad SMARTS) is 1. The zero-order valence-corrected chi connectivity index (χ0v) is 15.2. The van der Waals surface area contributed by atoms with E-state index in [0.717, 1.165) is 12.8 Å². The number of aliphatic carboxylic acids is 1. The predicted molar refractivity (Wildman–Crippen MR) is 91.8 cm³/mol. The number of hydrogen-bond donors (Lipinski definition) is 3. The molecule has 1 aliphatic rings. The van der Waals surface area contributed by atoms with Gasteiger partial charge in [0.25, 0.3) is 0 Å². The molecule has 2 unspecified atom stereocenters. The van der Waals surface area contributed by atoms with Gasteiger partial charge in [0, 0.05) is 5.92 Å². The van der Waals surface area contributed by atoms with Gasteiger partial charge in [-0.05, 0) is 19.3 Å². The second kappa shape index (κ2) is 11.1. The van der Waals surface area contributed by atoms with Crippen molar-refractivity contribution in [2.75, 3.05) is 7.11 Å². The lowest BCUT2D eigenvalue weighted by molar-refractivity contribution is -0.149. The molecule has 0 aromatic rings. The Bertz CT molecular complexity index is 445. The molecule has 1 amide bonds. The third kappa shape index (κ3) is 7.86. The van der Waals surface area contributed by atoms with E-state index in [1.807, 2.05) is 0 Å². The van der Waals surface area contributed by atoms with Gasteiger partial charge in [-0.2, -0.15) is 0 Å². The van der Waals surface area contributed by atoms with Crippen LogP contribution in [-0.4, -0.2) is 47.3 Å². The standard InChI is InChI=1S/C18H31NO6/c1-12(20)16(18(24)25-2)19-17(23)14(11-15(21)22)10-6-9-13-7-4-3-5-8-13/h12-14,16,20H,3-11H2,1-2H3,(H,19,23)(H,21,22)/t12?,14-,16?/m1/s1. The average molecular weight is 357 g/mol. The first kappa shape index (κ1) is 21.4. The molecule has 3 N–H and O–H groups in total. The molecule has 25 heavy (non-hydrogen) atoms. The van der Waals surface area contributed by atoms with Gasteiger partial charge in [-0.25, -0.2) is 4.79 Å². The molecule has 1 fully saturated rings. The maximum atomic E-state index is 12.4. The minimum Gasteiger partial charge on any atom is -0.481 e. The number of esters is 1. The van der Waals surface area contributed by atoms with E-state index in [2.05, 4.69) is 10.1 Å². The molecule has 3 atom stereocenters. The van der Waals surface area contributed by atoms with Crippen LogP contribution in [0.3, 0.4) is 0 Å². The number of hydrogen-bond acceptors (Lipinski definition) is 5. The maximum absolute atomic E-state index is 12.4. The highest BCUT2D eigenvalue weighted by atomic mass is 16.5. The molecule has 1 saturated carbocycles. The van der Waals surface area contributed by atoms with E-state index in [1.54, 1.807) is 0 Å². The Labute approximate surface area is 149 Å². The smallest absolute Gasteiger partial charge is 0.331 e. The van der Waals surface area contributed by atoms with Gasteiger partial charge in [-0.1, -0.05) is 44.9 Å². The van der Waals surface area contributed by atoms with Gasteiger partial charge in [0.05, 0.1) is 19.6 Å². The molecule has 0 aromatic carbocycles. The fraction of sp³-hybridized carbons (Fsp3) is 0.833. The lowest BCUT2D eigenvalue weighted by Gasteiger charge is -2.24. The summed E-state index contributed by atoms with van der Waals surface area (Å²) in [6.07, 6.45) is 7.04. The topological polar surface area (TPSA) is 113 Å². The minimum absolute atomic E-state index is 0.287. The van der Waals surface area contributed by atoms with Crippen LogP contribution in [0.2, 0.25) is 0 Å². The van der Waals surface area contributed by atoms with Crippen LogP contribution in [0.4, 0.5) is 0 Å². The van der Waals surface area contributed by atoms with E-state index < -0.39 is 35.9 Å². The van der Waals surface area contributed by atoms with E-state index in [1.165, 1.54) is 46.1 Å². The van der Waals surface area contributed by atoms with Crippen molar-refractivity contribution in [3.63, 3.8) is 0 Å². The summed E-state index contributed by atoms with van der Waals surface area (Å²) in [5.74, 6) is -2.37. The monoisotopic (exact) mass is 357 g/mol. The predicted octanol–water partition coefficient (Wildman–Crippen LogP) is 1.87. The molecule has 0 saturated heterocycles. The number of amides is 1. The molecule has 0 aliphatic heterocycles. The van der Waals surface area contributed by atoms with Crippen LogP contribution < -0.4 is 5.32 Å². The summed E-state index contributed by atoms with van der Waals surface area (Å²) in [6, 6.07) is -1.19. The molecular formula is C18H31NO6. The number of methoxy groups -OCH3 is 1. The molecule has 7 nitrogen and oxygen atoms in total. The Morgan fingerprint density at radius 2 is 1.84 bits per heavy atom. The third-order valence-corrected chi connectivity index (χ3v) is 4.92. The Morgan fingerprint density at radius 1 is 1.20 bits per heavy atom. The Hall–Kier alpha value is -1.63. The Kier molecular flexibility index (Phi) is 9.49. The van der Waals surface area contributed by atoms with Crippen molar-refractivity contribution in [1.82, 2.24) is 5.32 Å². The average Bonchev–Trinajstić information content (AvgIpc) is 2.58. The first-order chi connectivity index (χ1) is 11.8. The summed E-state index contributed by atoms with van der Waals surface area (Å²) in [6.45, 7) is 1.37. The molecule has 0 bridgehead atoms. The van der Waals surface area contributed by atoms with Crippen LogP contribution in [0.15, 0.2) is 0 Å². The molecule has 0 spiro atoms. The van der Waals surface area contributed by atoms with Crippen molar-refractivity contribution in [3.05, 3.63) is 0 Å². The van der Waals surface area contributed by atoms with Gasteiger partial charge in [-0.15, -0.1) is 0 Å². The highest BCUT2D eigenvalue weighted by molar-refractivity contribution is 5.88. The van der Waals surface area contributed by atoms with Crippen molar-refractivity contribution in [2.45, 2.75) is 76.9 Å². The Morgan fingerprint density at radius 3 is 2.36 bits per heavy atom. The van der Waals surface area contributed by atoms with E-state index in [4.69, 9.17) is 5.11 Å². The van der Waals surface area contributed by atoms with Gasteiger partial charge < -0.3 is 20.3 Å². The molecular weight excluding hydrogens is 326 g/mol. The van der Waals surface area contributed by atoms with Gasteiger partial charge in [0.2, 0.25) is 5.91 Å². The largest absolute Gasteiger partial charge is 0.481 e. The number of carbonyl (C=O) groups is 3. The number of aliphatic hydroxyl groups excluding tert-OH is 1. The number of rotatable bonds is 10. The normalized spacial score (nSPS) is 18.8. The van der Waals surface area contributed by atoms with Crippen LogP contribution in [-0.2, 0) is 19.1 Å². The Balaban J connectivity index is 2.57. The lowest BCUT2D eigenvalue weighted by atomic mass is 9.84. The zero-order valence-electron chi connectivity index (χ0n) is 15.2. The lowest BCUT2D eigenvalue weighted by Crippen LogP contribution is -2.50. The van der Waals surface area contributed by atoms with Crippen molar-refractivity contribution < 1.29 is 29.3 Å². The first-order valence-electron chi connectivity index (χ1n) is 9.13. The molecule has 0 radical (unpaired) electrons. The summed E-state index contributed by atoms with van der Waals surface area (Å²) in [5.41, 5.74) is 0. The SMILES string of the molecule is COC(=O)C(NC(=O)[C@H](CCCC1CCCCC1)CC(=O)O)C(C)O. The van der Waals surface area contributed by atoms with E-state index in [0.29, 0.717) is 12.3 Å². The molecule has 0 aromatic heterocycles. The molecule has 7 heteroatoms. The van der Waals surface area contributed by atoms with Crippen LogP contribution in [0.5, 0.6) is 0 Å². The van der Waals surface area contributed by atoms with Crippen molar-refractivity contribution in [2.24, 2.45) is 11.8 Å². The molecule has 0 heterocycles. The second-order valence-electron chi connectivity index (χ2n) is 6.98. The summed E-state index contributed by atoms with van der Waals surface area (Å²) < 4.78 is 4.57.